The lowest BCUT2D eigenvalue weighted by Gasteiger charge is -2.00. The highest BCUT2D eigenvalue weighted by Gasteiger charge is 2.00. The largest absolute Gasteiger partial charge is 0.237 e. The van der Waals surface area contributed by atoms with E-state index in [0.29, 0.717) is 0 Å². The number of aromatic nitrogens is 3. The third-order valence-corrected chi connectivity index (χ3v) is 2.14. The van der Waals surface area contributed by atoms with Gasteiger partial charge < -0.3 is 0 Å². The molecule has 3 heteroatoms. The van der Waals surface area contributed by atoms with Crippen LogP contribution >= 0.6 is 0 Å². The maximum Gasteiger partial charge on any atom is 0.153 e. The highest BCUT2D eigenvalue weighted by Crippen LogP contribution is 2.06. The number of aryl methyl sites for hydroxylation is 2. The fourth-order valence-electron chi connectivity index (χ4n) is 1.32. The van der Waals surface area contributed by atoms with Crippen molar-refractivity contribution in [2.45, 2.75) is 20.3 Å². The summed E-state index contributed by atoms with van der Waals surface area (Å²) in [4.78, 5) is 4.26. The zero-order valence-corrected chi connectivity index (χ0v) is 8.44. The lowest BCUT2D eigenvalue weighted by atomic mass is 10.3. The van der Waals surface area contributed by atoms with E-state index >= 15 is 0 Å². The quantitative estimate of drug-likeness (QED) is 0.721. The van der Waals surface area contributed by atoms with Gasteiger partial charge in [-0.15, -0.1) is 0 Å². The van der Waals surface area contributed by atoms with E-state index in [1.807, 2.05) is 29.1 Å². The van der Waals surface area contributed by atoms with E-state index in [9.17, 15) is 0 Å². The van der Waals surface area contributed by atoms with Crippen LogP contribution in [0.3, 0.4) is 0 Å². The van der Waals surface area contributed by atoms with Gasteiger partial charge in [-0.2, -0.15) is 5.10 Å². The van der Waals surface area contributed by atoms with E-state index in [4.69, 9.17) is 0 Å². The Morgan fingerprint density at radius 1 is 1.36 bits per heavy atom. The van der Waals surface area contributed by atoms with Crippen LogP contribution < -0.4 is 0 Å². The molecule has 3 nitrogen and oxygen atoms in total. The summed E-state index contributed by atoms with van der Waals surface area (Å²) < 4.78 is 1.81. The van der Waals surface area contributed by atoms with Crippen molar-refractivity contribution in [2.75, 3.05) is 0 Å². The Hall–Kier alpha value is -1.64. The van der Waals surface area contributed by atoms with Gasteiger partial charge in [-0.05, 0) is 37.1 Å². The summed E-state index contributed by atoms with van der Waals surface area (Å²) in [5.74, 6) is 0.879. The Labute approximate surface area is 83.4 Å². The number of rotatable bonds is 2. The lowest BCUT2D eigenvalue weighted by Crippen LogP contribution is -1.98. The molecule has 14 heavy (non-hydrogen) atoms. The minimum absolute atomic E-state index is 0.879. The van der Waals surface area contributed by atoms with Crippen molar-refractivity contribution >= 4 is 0 Å². The van der Waals surface area contributed by atoms with Crippen LogP contribution in [0.25, 0.3) is 5.82 Å². The second kappa shape index (κ2) is 3.62. The SMILES string of the molecule is CCc1ccn(-c2cc(C)ccn2)n1. The van der Waals surface area contributed by atoms with Gasteiger partial charge >= 0.3 is 0 Å². The molecule has 0 N–H and O–H groups in total. The van der Waals surface area contributed by atoms with Crippen LogP contribution in [0.15, 0.2) is 30.6 Å². The van der Waals surface area contributed by atoms with Crippen LogP contribution in [-0.4, -0.2) is 14.8 Å². The van der Waals surface area contributed by atoms with Gasteiger partial charge in [-0.1, -0.05) is 6.92 Å². The van der Waals surface area contributed by atoms with Crippen molar-refractivity contribution in [1.29, 1.82) is 0 Å². The molecular weight excluding hydrogens is 174 g/mol. The Morgan fingerprint density at radius 2 is 2.21 bits per heavy atom. The Bertz CT molecular complexity index is 432. The molecule has 2 aromatic rings. The van der Waals surface area contributed by atoms with Crippen molar-refractivity contribution in [3.8, 4) is 5.82 Å². The monoisotopic (exact) mass is 187 g/mol. The van der Waals surface area contributed by atoms with Crippen molar-refractivity contribution in [1.82, 2.24) is 14.8 Å². The first-order valence-electron chi connectivity index (χ1n) is 4.77. The van der Waals surface area contributed by atoms with Crippen molar-refractivity contribution < 1.29 is 0 Å². The molecule has 0 aliphatic carbocycles. The zero-order chi connectivity index (χ0) is 9.97. The fraction of sp³-hybridized carbons (Fsp3) is 0.273. The summed E-state index contributed by atoms with van der Waals surface area (Å²) in [5, 5.41) is 4.39. The molecule has 0 saturated carbocycles. The number of nitrogens with zero attached hydrogens (tertiary/aromatic N) is 3. The standard InChI is InChI=1S/C11H13N3/c1-3-10-5-7-14(13-10)11-8-9(2)4-6-12-11/h4-8H,3H2,1-2H3. The molecule has 0 aliphatic heterocycles. The number of pyridine rings is 1. The van der Waals surface area contributed by atoms with E-state index < -0.39 is 0 Å². The van der Waals surface area contributed by atoms with Gasteiger partial charge in [0.05, 0.1) is 5.69 Å². The fourth-order valence-corrected chi connectivity index (χ4v) is 1.32. The first-order chi connectivity index (χ1) is 6.79. The van der Waals surface area contributed by atoms with Crippen LogP contribution in [0, 0.1) is 6.92 Å². The van der Waals surface area contributed by atoms with Crippen LogP contribution in [0.2, 0.25) is 0 Å². The Morgan fingerprint density at radius 3 is 2.86 bits per heavy atom. The predicted octanol–water partition coefficient (Wildman–Crippen LogP) is 2.14. The van der Waals surface area contributed by atoms with Gasteiger partial charge in [0, 0.05) is 12.4 Å². The highest BCUT2D eigenvalue weighted by molar-refractivity contribution is 5.26. The van der Waals surface area contributed by atoms with Gasteiger partial charge in [0.25, 0.3) is 0 Å². The summed E-state index contributed by atoms with van der Waals surface area (Å²) in [6.45, 7) is 4.14. The van der Waals surface area contributed by atoms with Crippen LogP contribution in [0.1, 0.15) is 18.2 Å². The molecule has 2 rings (SSSR count). The molecule has 0 aliphatic rings. The molecule has 0 aromatic carbocycles. The summed E-state index contributed by atoms with van der Waals surface area (Å²) in [6, 6.07) is 6.02. The molecule has 72 valence electrons. The van der Waals surface area contributed by atoms with Gasteiger partial charge in [0.2, 0.25) is 0 Å². The Kier molecular flexibility index (Phi) is 2.31. The van der Waals surface area contributed by atoms with Crippen molar-refractivity contribution in [3.05, 3.63) is 41.9 Å². The smallest absolute Gasteiger partial charge is 0.153 e. The molecule has 2 heterocycles. The summed E-state index contributed by atoms with van der Waals surface area (Å²) in [5.41, 5.74) is 2.29. The van der Waals surface area contributed by atoms with E-state index in [1.54, 1.807) is 6.20 Å². The molecular formula is C11H13N3. The third kappa shape index (κ3) is 1.66. The predicted molar refractivity (Wildman–Crippen MR) is 55.5 cm³/mol. The minimum atomic E-state index is 0.879. The maximum absolute atomic E-state index is 4.39. The second-order valence-corrected chi connectivity index (χ2v) is 3.30. The summed E-state index contributed by atoms with van der Waals surface area (Å²) in [6.07, 6.45) is 4.71. The molecule has 0 saturated heterocycles. The van der Waals surface area contributed by atoms with Gasteiger partial charge in [-0.25, -0.2) is 9.67 Å². The first-order valence-corrected chi connectivity index (χ1v) is 4.77. The van der Waals surface area contributed by atoms with Gasteiger partial charge in [-0.3, -0.25) is 0 Å². The van der Waals surface area contributed by atoms with Crippen LogP contribution in [0.4, 0.5) is 0 Å². The van der Waals surface area contributed by atoms with E-state index in [2.05, 4.69) is 23.9 Å². The highest BCUT2D eigenvalue weighted by atomic mass is 15.3. The topological polar surface area (TPSA) is 30.7 Å². The second-order valence-electron chi connectivity index (χ2n) is 3.30. The normalized spacial score (nSPS) is 10.4. The maximum atomic E-state index is 4.39. The molecule has 0 unspecified atom stereocenters. The number of hydrogen-bond donors (Lipinski definition) is 0. The van der Waals surface area contributed by atoms with E-state index in [1.165, 1.54) is 5.56 Å². The minimum Gasteiger partial charge on any atom is -0.237 e. The Balaban J connectivity index is 2.39. The zero-order valence-electron chi connectivity index (χ0n) is 8.44. The molecule has 0 amide bonds. The van der Waals surface area contributed by atoms with Crippen LogP contribution in [0.5, 0.6) is 0 Å². The lowest BCUT2D eigenvalue weighted by molar-refractivity contribution is 0.815. The van der Waals surface area contributed by atoms with Gasteiger partial charge in [0.15, 0.2) is 5.82 Å². The van der Waals surface area contributed by atoms with E-state index in [-0.39, 0.29) is 0 Å². The molecule has 0 radical (unpaired) electrons. The van der Waals surface area contributed by atoms with Crippen molar-refractivity contribution in [3.63, 3.8) is 0 Å². The average Bonchev–Trinajstić information content (AvgIpc) is 2.66. The van der Waals surface area contributed by atoms with Crippen LogP contribution in [-0.2, 0) is 6.42 Å². The third-order valence-electron chi connectivity index (χ3n) is 2.14. The van der Waals surface area contributed by atoms with E-state index in [0.717, 1.165) is 17.9 Å². The van der Waals surface area contributed by atoms with Gasteiger partial charge in [0.1, 0.15) is 0 Å². The van der Waals surface area contributed by atoms with Crippen molar-refractivity contribution in [2.24, 2.45) is 0 Å². The summed E-state index contributed by atoms with van der Waals surface area (Å²) >= 11 is 0. The molecule has 0 atom stereocenters. The summed E-state index contributed by atoms with van der Waals surface area (Å²) in [7, 11) is 0. The average molecular weight is 187 g/mol. The molecule has 0 bridgehead atoms. The molecule has 2 aromatic heterocycles. The molecule has 0 spiro atoms. The first kappa shape index (κ1) is 8.94. The number of hydrogen-bond acceptors (Lipinski definition) is 2. The molecule has 0 fully saturated rings.